The number of carbonyl (C=O) groups excluding carboxylic acids is 1. The van der Waals surface area contributed by atoms with E-state index in [4.69, 9.17) is 5.73 Å². The van der Waals surface area contributed by atoms with Crippen LogP contribution < -0.4 is 11.1 Å². The van der Waals surface area contributed by atoms with Crippen molar-refractivity contribution in [3.63, 3.8) is 0 Å². The summed E-state index contributed by atoms with van der Waals surface area (Å²) < 4.78 is 1.69. The fourth-order valence-electron chi connectivity index (χ4n) is 1.22. The molecule has 1 aromatic carbocycles. The molecule has 0 unspecified atom stereocenters. The molecule has 4 nitrogen and oxygen atoms in total. The third kappa shape index (κ3) is 3.05. The molecule has 0 spiro atoms. The maximum Gasteiger partial charge on any atom is 0.259 e. The molecule has 0 atom stereocenters. The molecule has 0 aliphatic rings. The Balaban J connectivity index is 2.20. The summed E-state index contributed by atoms with van der Waals surface area (Å²) in [5, 5.41) is 3.21. The molecule has 88 valence electrons. The van der Waals surface area contributed by atoms with E-state index in [2.05, 4.69) is 42.2 Å². The first-order valence-electron chi connectivity index (χ1n) is 4.54. The van der Waals surface area contributed by atoms with Crippen molar-refractivity contribution in [1.29, 1.82) is 0 Å². The second kappa shape index (κ2) is 5.16. The number of nitrogens with two attached hydrogens (primary N) is 1. The Kier molecular flexibility index (Phi) is 3.80. The summed E-state index contributed by atoms with van der Waals surface area (Å²) in [5.74, 6) is -0.267. The normalized spacial score (nSPS) is 10.2. The largest absolute Gasteiger partial charge is 0.398 e. The number of nitrogen functional groups attached to an aromatic ring is 1. The van der Waals surface area contributed by atoms with Gasteiger partial charge in [-0.15, -0.1) is 0 Å². The first kappa shape index (κ1) is 12.5. The third-order valence-corrected chi connectivity index (χ3v) is 3.84. The van der Waals surface area contributed by atoms with Crippen LogP contribution in [-0.4, -0.2) is 10.9 Å². The van der Waals surface area contributed by atoms with E-state index in [0.717, 1.165) is 8.26 Å². The van der Waals surface area contributed by atoms with Crippen molar-refractivity contribution in [2.45, 2.75) is 0 Å². The van der Waals surface area contributed by atoms with Crippen LogP contribution >= 0.6 is 43.2 Å². The van der Waals surface area contributed by atoms with Gasteiger partial charge in [0.1, 0.15) is 0 Å². The Hall–Kier alpha value is -0.920. The van der Waals surface area contributed by atoms with E-state index in [1.165, 1.54) is 11.3 Å². The smallest absolute Gasteiger partial charge is 0.259 e. The molecule has 1 aromatic heterocycles. The summed E-state index contributed by atoms with van der Waals surface area (Å²) in [6, 6.07) is 5.12. The van der Waals surface area contributed by atoms with Crippen LogP contribution in [0.1, 0.15) is 10.4 Å². The summed E-state index contributed by atoms with van der Waals surface area (Å²) in [7, 11) is 0. The lowest BCUT2D eigenvalue weighted by Gasteiger charge is -2.05. The molecule has 0 saturated heterocycles. The van der Waals surface area contributed by atoms with E-state index in [9.17, 15) is 4.79 Å². The van der Waals surface area contributed by atoms with Crippen LogP contribution in [0.25, 0.3) is 0 Å². The van der Waals surface area contributed by atoms with Gasteiger partial charge in [-0.3, -0.25) is 10.1 Å². The molecule has 17 heavy (non-hydrogen) atoms. The molecule has 1 amide bonds. The van der Waals surface area contributed by atoms with Gasteiger partial charge in [0.2, 0.25) is 0 Å². The maximum atomic E-state index is 11.9. The topological polar surface area (TPSA) is 68.0 Å². The summed E-state index contributed by atoms with van der Waals surface area (Å²) in [4.78, 5) is 15.9. The van der Waals surface area contributed by atoms with Crippen molar-refractivity contribution in [2.75, 3.05) is 11.1 Å². The number of hydrogen-bond donors (Lipinski definition) is 2. The average molecular weight is 377 g/mol. The molecule has 1 heterocycles. The Morgan fingerprint density at radius 3 is 2.76 bits per heavy atom. The van der Waals surface area contributed by atoms with Crippen LogP contribution in [0.4, 0.5) is 10.8 Å². The van der Waals surface area contributed by atoms with Gasteiger partial charge in [-0.05, 0) is 34.1 Å². The first-order chi connectivity index (χ1) is 8.06. The lowest BCUT2D eigenvalue weighted by Crippen LogP contribution is -2.13. The van der Waals surface area contributed by atoms with Gasteiger partial charge >= 0.3 is 0 Å². The van der Waals surface area contributed by atoms with Gasteiger partial charge in [0.25, 0.3) is 5.91 Å². The summed E-state index contributed by atoms with van der Waals surface area (Å²) in [6.45, 7) is 0. The van der Waals surface area contributed by atoms with Crippen LogP contribution in [0.5, 0.6) is 0 Å². The van der Waals surface area contributed by atoms with Crippen LogP contribution in [-0.2, 0) is 0 Å². The fraction of sp³-hybridized carbons (Fsp3) is 0. The summed E-state index contributed by atoms with van der Waals surface area (Å²) in [5.41, 5.74) is 6.62. The minimum Gasteiger partial charge on any atom is -0.398 e. The molecule has 0 aliphatic heterocycles. The van der Waals surface area contributed by atoms with Crippen molar-refractivity contribution >= 4 is 59.9 Å². The van der Waals surface area contributed by atoms with Crippen LogP contribution in [0.3, 0.4) is 0 Å². The quantitative estimate of drug-likeness (QED) is 0.788. The predicted octanol–water partition coefficient (Wildman–Crippen LogP) is 3.50. The number of nitrogens with one attached hydrogen (secondary N) is 1. The number of anilines is 2. The van der Waals surface area contributed by atoms with E-state index in [-0.39, 0.29) is 5.91 Å². The standard InChI is InChI=1S/C10H7Br2N3OS/c11-5-1-2-6(7(13)3-5)9(16)15-10-14-4-8(12)17-10/h1-4H,13H2,(H,14,15,16). The Labute approximate surface area is 118 Å². The zero-order valence-electron chi connectivity index (χ0n) is 8.41. The third-order valence-electron chi connectivity index (χ3n) is 1.96. The highest BCUT2D eigenvalue weighted by molar-refractivity contribution is 9.11. The molecule has 7 heteroatoms. The van der Waals surface area contributed by atoms with Gasteiger partial charge in [0.05, 0.1) is 15.5 Å². The maximum absolute atomic E-state index is 11.9. The van der Waals surface area contributed by atoms with Crippen molar-refractivity contribution < 1.29 is 4.79 Å². The Bertz CT molecular complexity index is 570. The number of hydrogen-bond acceptors (Lipinski definition) is 4. The van der Waals surface area contributed by atoms with Crippen LogP contribution in [0.15, 0.2) is 32.7 Å². The number of halogens is 2. The molecule has 0 radical (unpaired) electrons. The number of thiazole rings is 1. The van der Waals surface area contributed by atoms with Gasteiger partial charge in [-0.2, -0.15) is 0 Å². The molecular weight excluding hydrogens is 370 g/mol. The van der Waals surface area contributed by atoms with Crippen molar-refractivity contribution in [1.82, 2.24) is 4.98 Å². The van der Waals surface area contributed by atoms with Crippen molar-refractivity contribution in [3.05, 3.63) is 38.2 Å². The number of aromatic nitrogens is 1. The highest BCUT2D eigenvalue weighted by Gasteiger charge is 2.11. The number of nitrogens with zero attached hydrogens (tertiary/aromatic N) is 1. The highest BCUT2D eigenvalue weighted by Crippen LogP contribution is 2.25. The van der Waals surface area contributed by atoms with E-state index >= 15 is 0 Å². The second-order valence-electron chi connectivity index (χ2n) is 3.16. The van der Waals surface area contributed by atoms with Gasteiger partial charge < -0.3 is 5.73 Å². The molecule has 0 saturated carbocycles. The molecule has 0 aliphatic carbocycles. The molecule has 0 fully saturated rings. The predicted molar refractivity (Wildman–Crippen MR) is 76.3 cm³/mol. The zero-order chi connectivity index (χ0) is 12.4. The van der Waals surface area contributed by atoms with Crippen molar-refractivity contribution in [3.8, 4) is 0 Å². The molecular formula is C10H7Br2N3OS. The molecule has 2 aromatic rings. The van der Waals surface area contributed by atoms with Crippen LogP contribution in [0.2, 0.25) is 0 Å². The average Bonchev–Trinajstić information content (AvgIpc) is 2.63. The lowest BCUT2D eigenvalue weighted by atomic mass is 10.2. The Morgan fingerprint density at radius 2 is 2.18 bits per heavy atom. The van der Waals surface area contributed by atoms with Gasteiger partial charge in [0, 0.05) is 10.2 Å². The van der Waals surface area contributed by atoms with Gasteiger partial charge in [-0.1, -0.05) is 27.3 Å². The second-order valence-corrected chi connectivity index (χ2v) is 6.48. The van der Waals surface area contributed by atoms with E-state index < -0.39 is 0 Å². The van der Waals surface area contributed by atoms with E-state index in [1.807, 2.05) is 0 Å². The first-order valence-corrected chi connectivity index (χ1v) is 6.94. The van der Waals surface area contributed by atoms with Crippen molar-refractivity contribution in [2.24, 2.45) is 0 Å². The summed E-state index contributed by atoms with van der Waals surface area (Å²) in [6.07, 6.45) is 1.63. The SMILES string of the molecule is Nc1cc(Br)ccc1C(=O)Nc1ncc(Br)s1. The fourth-order valence-corrected chi connectivity index (χ4v) is 2.70. The zero-order valence-corrected chi connectivity index (χ0v) is 12.4. The summed E-state index contributed by atoms with van der Waals surface area (Å²) >= 11 is 7.91. The van der Waals surface area contributed by atoms with E-state index in [0.29, 0.717) is 16.4 Å². The number of amides is 1. The molecule has 0 bridgehead atoms. The minimum absolute atomic E-state index is 0.267. The van der Waals surface area contributed by atoms with E-state index in [1.54, 1.807) is 24.4 Å². The van der Waals surface area contributed by atoms with Gasteiger partial charge in [0.15, 0.2) is 5.13 Å². The molecule has 2 rings (SSSR count). The monoisotopic (exact) mass is 375 g/mol. The minimum atomic E-state index is -0.267. The highest BCUT2D eigenvalue weighted by atomic mass is 79.9. The van der Waals surface area contributed by atoms with Gasteiger partial charge in [-0.25, -0.2) is 4.98 Å². The number of carbonyl (C=O) groups is 1. The molecule has 3 N–H and O–H groups in total. The number of benzene rings is 1. The lowest BCUT2D eigenvalue weighted by molar-refractivity contribution is 0.102. The van der Waals surface area contributed by atoms with Crippen LogP contribution in [0, 0.1) is 0 Å². The number of rotatable bonds is 2. The Morgan fingerprint density at radius 1 is 1.41 bits per heavy atom.